The van der Waals surface area contributed by atoms with E-state index in [-0.39, 0.29) is 11.3 Å². The highest BCUT2D eigenvalue weighted by Gasteiger charge is 2.46. The zero-order chi connectivity index (χ0) is 23.3. The second-order valence-electron chi connectivity index (χ2n) is 7.46. The van der Waals surface area contributed by atoms with Crippen molar-refractivity contribution >= 4 is 50.0 Å². The van der Waals surface area contributed by atoms with Crippen molar-refractivity contribution in [3.8, 4) is 5.75 Å². The molecule has 0 saturated carbocycles. The Kier molecular flexibility index (Phi) is 5.19. The number of ketones is 1. The summed E-state index contributed by atoms with van der Waals surface area (Å²) in [4.78, 5) is 32.6. The maximum Gasteiger partial charge on any atom is 0.296 e. The normalized spacial score (nSPS) is 16.2. The van der Waals surface area contributed by atoms with Gasteiger partial charge in [-0.05, 0) is 55.0 Å². The van der Waals surface area contributed by atoms with E-state index >= 15 is 0 Å². The van der Waals surface area contributed by atoms with Gasteiger partial charge >= 0.3 is 0 Å². The molecule has 0 fully saturated rings. The van der Waals surface area contributed by atoms with E-state index in [9.17, 15) is 14.7 Å². The first-order valence-electron chi connectivity index (χ1n) is 9.95. The van der Waals surface area contributed by atoms with Gasteiger partial charge in [0.15, 0.2) is 16.7 Å². The average Bonchev–Trinajstić information content (AvgIpc) is 3.49. The number of thiazole rings is 1. The Labute approximate surface area is 197 Å². The second kappa shape index (κ2) is 8.06. The summed E-state index contributed by atoms with van der Waals surface area (Å²) in [7, 11) is 1.53. The molecule has 0 spiro atoms. The van der Waals surface area contributed by atoms with Crippen LogP contribution in [0.25, 0.3) is 10.2 Å². The lowest BCUT2D eigenvalue weighted by molar-refractivity contribution is -0.117. The van der Waals surface area contributed by atoms with Crippen LogP contribution in [0.4, 0.5) is 5.13 Å². The van der Waals surface area contributed by atoms with Gasteiger partial charge in [0.1, 0.15) is 11.5 Å². The van der Waals surface area contributed by atoms with E-state index in [4.69, 9.17) is 20.8 Å². The van der Waals surface area contributed by atoms with E-state index in [2.05, 4.69) is 4.98 Å². The highest BCUT2D eigenvalue weighted by atomic mass is 35.5. The van der Waals surface area contributed by atoms with Crippen molar-refractivity contribution in [1.29, 1.82) is 0 Å². The summed E-state index contributed by atoms with van der Waals surface area (Å²) in [5, 5.41) is 11.7. The number of aliphatic hydroxyl groups is 1. The second-order valence-corrected chi connectivity index (χ2v) is 8.91. The minimum atomic E-state index is -0.929. The fraction of sp³-hybridized carbons (Fsp3) is 0.125. The lowest BCUT2D eigenvalue weighted by atomic mass is 9.95. The number of anilines is 1. The number of carbonyl (C=O) groups is 2. The van der Waals surface area contributed by atoms with Crippen LogP contribution >= 0.6 is 22.9 Å². The third-order valence-corrected chi connectivity index (χ3v) is 6.62. The molecular weight excluding hydrogens is 464 g/mol. The minimum Gasteiger partial charge on any atom is -0.503 e. The Hall–Kier alpha value is -3.62. The van der Waals surface area contributed by atoms with E-state index < -0.39 is 23.5 Å². The van der Waals surface area contributed by atoms with Crippen LogP contribution in [0, 0.1) is 6.92 Å². The van der Waals surface area contributed by atoms with Gasteiger partial charge in [-0.3, -0.25) is 14.5 Å². The molecule has 2 aromatic carbocycles. The van der Waals surface area contributed by atoms with Gasteiger partial charge < -0.3 is 14.3 Å². The van der Waals surface area contributed by atoms with Crippen molar-refractivity contribution in [2.45, 2.75) is 13.0 Å². The number of carbonyl (C=O) groups excluding carboxylic acids is 2. The van der Waals surface area contributed by atoms with Crippen LogP contribution in [0.1, 0.15) is 27.9 Å². The first-order chi connectivity index (χ1) is 15.9. The Balaban J connectivity index is 1.69. The molecule has 1 aliphatic heterocycles. The molecule has 166 valence electrons. The molecule has 0 saturated heterocycles. The number of furan rings is 1. The summed E-state index contributed by atoms with van der Waals surface area (Å²) in [6, 6.07) is 14.4. The molecule has 1 aliphatic rings. The molecule has 33 heavy (non-hydrogen) atoms. The molecular formula is C24H17ClN2O5S. The molecule has 7 nitrogen and oxygen atoms in total. The lowest BCUT2D eigenvalue weighted by Crippen LogP contribution is -2.31. The topological polar surface area (TPSA) is 92.9 Å². The predicted octanol–water partition coefficient (Wildman–Crippen LogP) is 5.64. The molecule has 4 aromatic rings. The van der Waals surface area contributed by atoms with E-state index in [1.807, 2.05) is 0 Å². The molecule has 1 amide bonds. The molecule has 9 heteroatoms. The first-order valence-corrected chi connectivity index (χ1v) is 11.1. The molecule has 0 radical (unpaired) electrons. The van der Waals surface area contributed by atoms with Gasteiger partial charge in [-0.2, -0.15) is 0 Å². The summed E-state index contributed by atoms with van der Waals surface area (Å²) < 4.78 is 11.6. The van der Waals surface area contributed by atoms with Crippen molar-refractivity contribution < 1.29 is 23.8 Å². The number of halogens is 1. The van der Waals surface area contributed by atoms with Crippen molar-refractivity contribution in [1.82, 2.24) is 4.98 Å². The van der Waals surface area contributed by atoms with Gasteiger partial charge in [-0.1, -0.05) is 35.1 Å². The number of aromatic nitrogens is 1. The van der Waals surface area contributed by atoms with Gasteiger partial charge in [0.25, 0.3) is 5.91 Å². The van der Waals surface area contributed by atoms with Crippen LogP contribution in [-0.4, -0.2) is 28.9 Å². The van der Waals surface area contributed by atoms with Gasteiger partial charge in [-0.15, -0.1) is 0 Å². The van der Waals surface area contributed by atoms with Crippen molar-refractivity contribution in [2.24, 2.45) is 0 Å². The molecule has 1 N–H and O–H groups in total. The van der Waals surface area contributed by atoms with Crippen LogP contribution in [-0.2, 0) is 4.79 Å². The fourth-order valence-corrected chi connectivity index (χ4v) is 5.11. The van der Waals surface area contributed by atoms with Crippen LogP contribution in [0.2, 0.25) is 5.02 Å². The van der Waals surface area contributed by atoms with E-state index in [0.29, 0.717) is 32.7 Å². The molecule has 1 atom stereocenters. The Bertz CT molecular complexity index is 1450. The number of methoxy groups -OCH3 is 1. The molecule has 0 aliphatic carbocycles. The average molecular weight is 481 g/mol. The number of fused-ring (bicyclic) bond motifs is 1. The molecule has 5 rings (SSSR count). The van der Waals surface area contributed by atoms with Crippen LogP contribution in [0.3, 0.4) is 0 Å². The number of aliphatic hydroxyl groups excluding tert-OH is 1. The number of hydrogen-bond donors (Lipinski definition) is 1. The maximum absolute atomic E-state index is 13.4. The van der Waals surface area contributed by atoms with Gasteiger partial charge in [0, 0.05) is 5.02 Å². The number of nitrogens with zero attached hydrogens (tertiary/aromatic N) is 2. The number of benzene rings is 2. The fourth-order valence-electron chi connectivity index (χ4n) is 3.84. The highest BCUT2D eigenvalue weighted by molar-refractivity contribution is 7.22. The maximum atomic E-state index is 13.4. The summed E-state index contributed by atoms with van der Waals surface area (Å²) in [6.07, 6.45) is 0. The number of ether oxygens (including phenoxy) is 1. The number of amides is 1. The summed E-state index contributed by atoms with van der Waals surface area (Å²) in [6.45, 7) is 1.71. The van der Waals surface area contributed by atoms with E-state index in [1.165, 1.54) is 29.4 Å². The predicted molar refractivity (Wildman–Crippen MR) is 125 cm³/mol. The van der Waals surface area contributed by atoms with Crippen molar-refractivity contribution in [2.75, 3.05) is 12.0 Å². The quantitative estimate of drug-likeness (QED) is 0.371. The first kappa shape index (κ1) is 21.2. The smallest absolute Gasteiger partial charge is 0.296 e. The SMILES string of the molecule is COc1cccc(C2C(C(=O)c3ccc(C)o3)=C(O)C(=O)N2c2nc3ccc(Cl)cc3s2)c1. The number of Topliss-reactive ketones (excluding diaryl/α,β-unsaturated/α-hetero) is 1. The third-order valence-electron chi connectivity index (χ3n) is 5.37. The van der Waals surface area contributed by atoms with Crippen LogP contribution < -0.4 is 9.64 Å². The van der Waals surface area contributed by atoms with Crippen molar-refractivity contribution in [3.05, 3.63) is 88.0 Å². The monoisotopic (exact) mass is 480 g/mol. The van der Waals surface area contributed by atoms with Crippen molar-refractivity contribution in [3.63, 3.8) is 0 Å². The lowest BCUT2D eigenvalue weighted by Gasteiger charge is -2.24. The largest absolute Gasteiger partial charge is 0.503 e. The minimum absolute atomic E-state index is 0.0349. The van der Waals surface area contributed by atoms with Crippen LogP contribution in [0.15, 0.2) is 70.3 Å². The zero-order valence-electron chi connectivity index (χ0n) is 17.5. The van der Waals surface area contributed by atoms with Gasteiger partial charge in [0.05, 0.1) is 28.9 Å². The molecule has 0 bridgehead atoms. The number of aryl methyl sites for hydroxylation is 1. The molecule has 3 heterocycles. The standard InChI is InChI=1S/C24H17ClN2O5S/c1-12-6-9-17(32-12)21(28)19-20(13-4-3-5-15(10-13)31-2)27(23(30)22(19)29)24-26-16-8-7-14(25)11-18(16)33-24/h3-11,20,29H,1-2H3. The Morgan fingerprint density at radius 3 is 2.76 bits per heavy atom. The summed E-state index contributed by atoms with van der Waals surface area (Å²) in [5.74, 6) is -0.816. The molecule has 1 unspecified atom stereocenters. The van der Waals surface area contributed by atoms with Gasteiger partial charge in [0.2, 0.25) is 5.78 Å². The summed E-state index contributed by atoms with van der Waals surface area (Å²) in [5.41, 5.74) is 1.15. The molecule has 2 aromatic heterocycles. The van der Waals surface area contributed by atoms with Crippen LogP contribution in [0.5, 0.6) is 5.75 Å². The third kappa shape index (κ3) is 3.57. The van der Waals surface area contributed by atoms with E-state index in [1.54, 1.807) is 55.5 Å². The van der Waals surface area contributed by atoms with Gasteiger partial charge in [-0.25, -0.2) is 4.98 Å². The summed E-state index contributed by atoms with van der Waals surface area (Å²) >= 11 is 7.36. The number of hydrogen-bond acceptors (Lipinski definition) is 7. The Morgan fingerprint density at radius 1 is 1.21 bits per heavy atom. The van der Waals surface area contributed by atoms with E-state index in [0.717, 1.165) is 4.70 Å². The Morgan fingerprint density at radius 2 is 2.03 bits per heavy atom. The zero-order valence-corrected chi connectivity index (χ0v) is 19.1. The highest BCUT2D eigenvalue weighted by Crippen LogP contribution is 2.45. The number of rotatable bonds is 5.